The first kappa shape index (κ1) is 13.6. The molecule has 1 aromatic rings. The summed E-state index contributed by atoms with van der Waals surface area (Å²) >= 11 is 0. The van der Waals surface area contributed by atoms with Gasteiger partial charge in [0, 0.05) is 26.1 Å². The summed E-state index contributed by atoms with van der Waals surface area (Å²) in [5.41, 5.74) is 0.786. The van der Waals surface area contributed by atoms with Gasteiger partial charge in [0.15, 0.2) is 0 Å². The largest absolute Gasteiger partial charge is 0.341 e. The number of hydrogen-bond donors (Lipinski definition) is 0. The molecule has 2 saturated heterocycles. The molecule has 0 aromatic heterocycles. The van der Waals surface area contributed by atoms with Crippen molar-refractivity contribution in [1.82, 2.24) is 9.21 Å². The fourth-order valence-corrected chi connectivity index (χ4v) is 5.01. The maximum absolute atomic E-state index is 12.6. The fourth-order valence-electron chi connectivity index (χ4n) is 3.22. The van der Waals surface area contributed by atoms with Crippen LogP contribution in [0.15, 0.2) is 30.3 Å². The molecule has 5 nitrogen and oxygen atoms in total. The molecule has 2 aliphatic rings. The minimum absolute atomic E-state index is 0.00889. The summed E-state index contributed by atoms with van der Waals surface area (Å²) in [4.78, 5) is 13.4. The summed E-state index contributed by atoms with van der Waals surface area (Å²) in [5.74, 6) is 0.0502. The number of benzene rings is 1. The topological polar surface area (TPSA) is 57.7 Å². The SMILES string of the molecule is CN1C(=O)CC2C1CCN2S(=O)(=O)Cc1ccccc1. The molecule has 6 heteroatoms. The molecule has 0 saturated carbocycles. The van der Waals surface area contributed by atoms with Gasteiger partial charge in [-0.15, -0.1) is 0 Å². The van der Waals surface area contributed by atoms with Crippen LogP contribution in [-0.2, 0) is 20.6 Å². The zero-order chi connectivity index (χ0) is 14.3. The van der Waals surface area contributed by atoms with E-state index in [4.69, 9.17) is 0 Å². The van der Waals surface area contributed by atoms with E-state index in [1.807, 2.05) is 30.3 Å². The van der Waals surface area contributed by atoms with Gasteiger partial charge in [0.1, 0.15) is 0 Å². The quantitative estimate of drug-likeness (QED) is 0.829. The normalized spacial score (nSPS) is 27.1. The van der Waals surface area contributed by atoms with Crippen LogP contribution in [0.4, 0.5) is 0 Å². The summed E-state index contributed by atoms with van der Waals surface area (Å²) < 4.78 is 26.6. The van der Waals surface area contributed by atoms with Gasteiger partial charge >= 0.3 is 0 Å². The van der Waals surface area contributed by atoms with Gasteiger partial charge in [0.05, 0.1) is 11.8 Å². The number of sulfonamides is 1. The molecular weight excluding hydrogens is 276 g/mol. The molecule has 3 rings (SSSR count). The van der Waals surface area contributed by atoms with Crippen LogP contribution in [0.25, 0.3) is 0 Å². The molecule has 0 spiro atoms. The standard InChI is InChI=1S/C14H18N2O3S/c1-15-12-7-8-16(13(12)9-14(15)17)20(18,19)10-11-5-3-2-4-6-11/h2-6,12-13H,7-10H2,1H3. The second-order valence-corrected chi connectivity index (χ2v) is 7.41. The molecule has 1 aromatic carbocycles. The highest BCUT2D eigenvalue weighted by molar-refractivity contribution is 7.88. The zero-order valence-electron chi connectivity index (χ0n) is 11.4. The molecule has 0 radical (unpaired) electrons. The Morgan fingerprint density at radius 2 is 1.90 bits per heavy atom. The molecule has 2 heterocycles. The van der Waals surface area contributed by atoms with Crippen molar-refractivity contribution in [1.29, 1.82) is 0 Å². The van der Waals surface area contributed by atoms with Gasteiger partial charge in [-0.3, -0.25) is 4.79 Å². The third-order valence-electron chi connectivity index (χ3n) is 4.28. The third kappa shape index (κ3) is 2.23. The van der Waals surface area contributed by atoms with Gasteiger partial charge in [-0.25, -0.2) is 8.42 Å². The van der Waals surface area contributed by atoms with Crippen LogP contribution in [0.2, 0.25) is 0 Å². The molecule has 108 valence electrons. The van der Waals surface area contributed by atoms with Crippen molar-refractivity contribution in [2.24, 2.45) is 0 Å². The van der Waals surface area contributed by atoms with E-state index < -0.39 is 10.0 Å². The predicted octanol–water partition coefficient (Wildman–Crippen LogP) is 0.821. The number of likely N-dealkylation sites (N-methyl/N-ethyl adjacent to an activating group) is 1. The predicted molar refractivity (Wildman–Crippen MR) is 75.4 cm³/mol. The number of likely N-dealkylation sites (tertiary alicyclic amines) is 1. The molecule has 0 bridgehead atoms. The van der Waals surface area contributed by atoms with Crippen molar-refractivity contribution in [3.8, 4) is 0 Å². The number of amides is 1. The number of rotatable bonds is 3. The van der Waals surface area contributed by atoms with E-state index in [2.05, 4.69) is 0 Å². The first-order valence-corrected chi connectivity index (χ1v) is 8.39. The maximum atomic E-state index is 12.6. The minimum atomic E-state index is -3.36. The molecule has 2 atom stereocenters. The van der Waals surface area contributed by atoms with E-state index in [9.17, 15) is 13.2 Å². The number of fused-ring (bicyclic) bond motifs is 1. The van der Waals surface area contributed by atoms with E-state index in [0.717, 1.165) is 12.0 Å². The first-order chi connectivity index (χ1) is 9.49. The monoisotopic (exact) mass is 294 g/mol. The van der Waals surface area contributed by atoms with Gasteiger partial charge in [-0.2, -0.15) is 4.31 Å². The van der Waals surface area contributed by atoms with E-state index in [1.165, 1.54) is 4.31 Å². The molecular formula is C14H18N2O3S. The van der Waals surface area contributed by atoms with Crippen LogP contribution in [0.1, 0.15) is 18.4 Å². The average molecular weight is 294 g/mol. The lowest BCUT2D eigenvalue weighted by molar-refractivity contribution is -0.127. The second-order valence-electron chi connectivity index (χ2n) is 5.48. The molecule has 0 N–H and O–H groups in total. The number of hydrogen-bond acceptors (Lipinski definition) is 3. The summed E-state index contributed by atoms with van der Waals surface area (Å²) in [6.45, 7) is 0.516. The van der Waals surface area contributed by atoms with Gasteiger partial charge in [-0.05, 0) is 12.0 Å². The second kappa shape index (κ2) is 4.86. The fraction of sp³-hybridized carbons (Fsp3) is 0.500. The van der Waals surface area contributed by atoms with Crippen LogP contribution < -0.4 is 0 Å². The Morgan fingerprint density at radius 1 is 1.20 bits per heavy atom. The van der Waals surface area contributed by atoms with Crippen molar-refractivity contribution < 1.29 is 13.2 Å². The summed E-state index contributed by atoms with van der Waals surface area (Å²) in [6.07, 6.45) is 1.05. The van der Waals surface area contributed by atoms with Crippen molar-refractivity contribution >= 4 is 15.9 Å². The Labute approximate surface area is 119 Å². The molecule has 0 aliphatic carbocycles. The minimum Gasteiger partial charge on any atom is -0.341 e. The van der Waals surface area contributed by atoms with E-state index in [1.54, 1.807) is 11.9 Å². The van der Waals surface area contributed by atoms with E-state index in [0.29, 0.717) is 13.0 Å². The van der Waals surface area contributed by atoms with Gasteiger partial charge < -0.3 is 4.90 Å². The van der Waals surface area contributed by atoms with Crippen molar-refractivity contribution in [3.05, 3.63) is 35.9 Å². The maximum Gasteiger partial charge on any atom is 0.224 e. The van der Waals surface area contributed by atoms with Gasteiger partial charge in [0.25, 0.3) is 0 Å². The number of nitrogens with zero attached hydrogens (tertiary/aromatic N) is 2. The number of carbonyl (C=O) groups is 1. The Kier molecular flexibility index (Phi) is 3.30. The Bertz CT molecular complexity index is 615. The molecule has 20 heavy (non-hydrogen) atoms. The van der Waals surface area contributed by atoms with Crippen molar-refractivity contribution in [2.45, 2.75) is 30.7 Å². The zero-order valence-corrected chi connectivity index (χ0v) is 12.2. The van der Waals surface area contributed by atoms with Crippen molar-refractivity contribution in [2.75, 3.05) is 13.6 Å². The van der Waals surface area contributed by atoms with Crippen LogP contribution in [0.3, 0.4) is 0 Å². The van der Waals surface area contributed by atoms with Crippen LogP contribution >= 0.6 is 0 Å². The molecule has 1 amide bonds. The molecule has 2 aliphatic heterocycles. The summed E-state index contributed by atoms with van der Waals surface area (Å²) in [7, 11) is -1.60. The third-order valence-corrected chi connectivity index (χ3v) is 6.15. The lowest BCUT2D eigenvalue weighted by Crippen LogP contribution is -2.39. The van der Waals surface area contributed by atoms with Crippen LogP contribution in [0, 0.1) is 0 Å². The number of carbonyl (C=O) groups excluding carboxylic acids is 1. The highest BCUT2D eigenvalue weighted by atomic mass is 32.2. The highest BCUT2D eigenvalue weighted by Crippen LogP contribution is 2.33. The van der Waals surface area contributed by atoms with Crippen molar-refractivity contribution in [3.63, 3.8) is 0 Å². The molecule has 2 unspecified atom stereocenters. The van der Waals surface area contributed by atoms with E-state index >= 15 is 0 Å². The van der Waals surface area contributed by atoms with Gasteiger partial charge in [-0.1, -0.05) is 30.3 Å². The summed E-state index contributed by atoms with van der Waals surface area (Å²) in [6, 6.07) is 9.05. The van der Waals surface area contributed by atoms with Crippen LogP contribution in [-0.4, -0.2) is 49.2 Å². The highest BCUT2D eigenvalue weighted by Gasteiger charge is 2.48. The first-order valence-electron chi connectivity index (χ1n) is 6.78. The Morgan fingerprint density at radius 3 is 2.60 bits per heavy atom. The average Bonchev–Trinajstić information content (AvgIpc) is 2.93. The lowest BCUT2D eigenvalue weighted by Gasteiger charge is -2.23. The van der Waals surface area contributed by atoms with E-state index in [-0.39, 0.29) is 23.7 Å². The van der Waals surface area contributed by atoms with Crippen LogP contribution in [0.5, 0.6) is 0 Å². The smallest absolute Gasteiger partial charge is 0.224 e. The molecule has 2 fully saturated rings. The Hall–Kier alpha value is -1.40. The summed E-state index contributed by atoms with van der Waals surface area (Å²) in [5, 5.41) is 0. The lowest BCUT2D eigenvalue weighted by atomic mass is 10.1. The Balaban J connectivity index is 1.81. The van der Waals surface area contributed by atoms with Gasteiger partial charge in [0.2, 0.25) is 15.9 Å².